The maximum atomic E-state index is 4.75. The molecule has 2 unspecified atom stereocenters. The van der Waals surface area contributed by atoms with Crippen LogP contribution in [0.1, 0.15) is 58.0 Å². The molecule has 0 aromatic carbocycles. The Hall–Kier alpha value is -0.830. The highest BCUT2D eigenvalue weighted by Crippen LogP contribution is 2.23. The van der Waals surface area contributed by atoms with Gasteiger partial charge in [0.2, 0.25) is 0 Å². The molecule has 3 nitrogen and oxygen atoms in total. The lowest BCUT2D eigenvalue weighted by Gasteiger charge is -2.22. The van der Waals surface area contributed by atoms with E-state index in [0.29, 0.717) is 12.0 Å². The summed E-state index contributed by atoms with van der Waals surface area (Å²) in [6, 6.07) is 3.54. The van der Waals surface area contributed by atoms with Gasteiger partial charge in [-0.2, -0.15) is 5.10 Å². The highest BCUT2D eigenvalue weighted by Gasteiger charge is 2.23. The summed E-state index contributed by atoms with van der Waals surface area (Å²) in [7, 11) is 0. The van der Waals surface area contributed by atoms with Crippen LogP contribution < -0.4 is 5.32 Å². The number of hydrogen-bond acceptors (Lipinski definition) is 2. The molecular weight excluding hydrogens is 222 g/mol. The van der Waals surface area contributed by atoms with Crippen LogP contribution in [0.3, 0.4) is 0 Å². The molecule has 2 rings (SSSR count). The fraction of sp³-hybridized carbons (Fsp3) is 0.800. The Balaban J connectivity index is 2.00. The third-order valence-electron chi connectivity index (χ3n) is 4.10. The lowest BCUT2D eigenvalue weighted by molar-refractivity contribution is 0.328. The summed E-state index contributed by atoms with van der Waals surface area (Å²) in [5, 5.41) is 8.38. The van der Waals surface area contributed by atoms with Crippen LogP contribution in [0.5, 0.6) is 0 Å². The van der Waals surface area contributed by atoms with Crippen molar-refractivity contribution in [2.75, 3.05) is 6.54 Å². The zero-order valence-electron chi connectivity index (χ0n) is 12.2. The lowest BCUT2D eigenvalue weighted by Crippen LogP contribution is -2.29. The van der Waals surface area contributed by atoms with Crippen molar-refractivity contribution in [3.05, 3.63) is 17.5 Å². The molecule has 2 atom stereocenters. The van der Waals surface area contributed by atoms with E-state index in [-0.39, 0.29) is 0 Å². The fourth-order valence-corrected chi connectivity index (χ4v) is 2.33. The van der Waals surface area contributed by atoms with Crippen LogP contribution >= 0.6 is 0 Å². The first-order valence-corrected chi connectivity index (χ1v) is 7.46. The van der Waals surface area contributed by atoms with E-state index in [9.17, 15) is 0 Å². The van der Waals surface area contributed by atoms with Gasteiger partial charge in [-0.05, 0) is 51.1 Å². The number of hydrogen-bond donors (Lipinski definition) is 1. The van der Waals surface area contributed by atoms with E-state index in [1.807, 2.05) is 0 Å². The second-order valence-corrected chi connectivity index (χ2v) is 5.68. The van der Waals surface area contributed by atoms with Gasteiger partial charge in [-0.3, -0.25) is 4.68 Å². The minimum atomic E-state index is 0.478. The molecule has 1 aromatic rings. The predicted molar refractivity (Wildman–Crippen MR) is 75.9 cm³/mol. The third-order valence-corrected chi connectivity index (χ3v) is 4.10. The molecule has 1 aromatic heterocycles. The van der Waals surface area contributed by atoms with E-state index in [0.717, 1.165) is 25.4 Å². The van der Waals surface area contributed by atoms with E-state index in [1.54, 1.807) is 0 Å². The van der Waals surface area contributed by atoms with Crippen LogP contribution in [-0.4, -0.2) is 22.4 Å². The lowest BCUT2D eigenvalue weighted by atomic mass is 10.0. The Kier molecular flexibility index (Phi) is 4.44. The molecule has 1 heterocycles. The van der Waals surface area contributed by atoms with Crippen LogP contribution in [0.25, 0.3) is 0 Å². The topological polar surface area (TPSA) is 29.9 Å². The molecule has 0 aliphatic heterocycles. The summed E-state index contributed by atoms with van der Waals surface area (Å²) in [4.78, 5) is 0. The highest BCUT2D eigenvalue weighted by atomic mass is 15.3. The van der Waals surface area contributed by atoms with Crippen molar-refractivity contribution in [1.29, 1.82) is 0 Å². The van der Waals surface area contributed by atoms with Gasteiger partial charge < -0.3 is 5.32 Å². The van der Waals surface area contributed by atoms with Gasteiger partial charge >= 0.3 is 0 Å². The Morgan fingerprint density at radius 3 is 2.61 bits per heavy atom. The molecule has 0 spiro atoms. The number of aryl methyl sites for hydroxylation is 2. The van der Waals surface area contributed by atoms with Gasteiger partial charge in [0.1, 0.15) is 0 Å². The zero-order chi connectivity index (χ0) is 13.1. The monoisotopic (exact) mass is 249 g/mol. The first-order valence-electron chi connectivity index (χ1n) is 7.46. The molecule has 18 heavy (non-hydrogen) atoms. The summed E-state index contributed by atoms with van der Waals surface area (Å²) in [6.07, 6.45) is 4.83. The molecule has 1 aliphatic rings. The molecule has 1 fully saturated rings. The fourth-order valence-electron chi connectivity index (χ4n) is 2.33. The number of nitrogens with zero attached hydrogens (tertiary/aromatic N) is 2. The SMILES string of the molecule is CCc1cc(CC)n(C(C)C(C)CNC2CC2)n1. The molecule has 1 aliphatic carbocycles. The van der Waals surface area contributed by atoms with Crippen LogP contribution in [0.2, 0.25) is 0 Å². The third kappa shape index (κ3) is 3.14. The van der Waals surface area contributed by atoms with Gasteiger partial charge in [-0.1, -0.05) is 20.8 Å². The molecule has 0 radical (unpaired) electrons. The van der Waals surface area contributed by atoms with Crippen molar-refractivity contribution < 1.29 is 0 Å². The van der Waals surface area contributed by atoms with Gasteiger partial charge in [0.05, 0.1) is 11.7 Å². The van der Waals surface area contributed by atoms with Crippen LogP contribution in [0, 0.1) is 5.92 Å². The average Bonchev–Trinajstić information content (AvgIpc) is 3.12. The van der Waals surface area contributed by atoms with Crippen LogP contribution in [0.4, 0.5) is 0 Å². The summed E-state index contributed by atoms with van der Waals surface area (Å²) in [6.45, 7) is 10.1. The maximum Gasteiger partial charge on any atom is 0.0624 e. The Morgan fingerprint density at radius 1 is 1.33 bits per heavy atom. The summed E-state index contributed by atoms with van der Waals surface area (Å²) < 4.78 is 2.25. The quantitative estimate of drug-likeness (QED) is 0.805. The smallest absolute Gasteiger partial charge is 0.0624 e. The molecule has 102 valence electrons. The van der Waals surface area contributed by atoms with Crippen molar-refractivity contribution in [2.24, 2.45) is 5.92 Å². The van der Waals surface area contributed by atoms with E-state index in [2.05, 4.69) is 43.8 Å². The van der Waals surface area contributed by atoms with Crippen molar-refractivity contribution >= 4 is 0 Å². The van der Waals surface area contributed by atoms with Crippen molar-refractivity contribution in [3.63, 3.8) is 0 Å². The molecule has 1 N–H and O–H groups in total. The first kappa shape index (κ1) is 13.6. The second kappa shape index (κ2) is 5.87. The number of rotatable bonds is 7. The predicted octanol–water partition coefficient (Wildman–Crippen LogP) is 2.96. The van der Waals surface area contributed by atoms with Gasteiger partial charge in [0, 0.05) is 11.7 Å². The molecule has 0 bridgehead atoms. The Labute approximate surface area is 111 Å². The molecule has 0 saturated heterocycles. The summed E-state index contributed by atoms with van der Waals surface area (Å²) >= 11 is 0. The summed E-state index contributed by atoms with van der Waals surface area (Å²) in [5.41, 5.74) is 2.60. The molecule has 3 heteroatoms. The average molecular weight is 249 g/mol. The molecular formula is C15H27N3. The largest absolute Gasteiger partial charge is 0.314 e. The number of nitrogens with one attached hydrogen (secondary N) is 1. The van der Waals surface area contributed by atoms with Gasteiger partial charge in [0.25, 0.3) is 0 Å². The van der Waals surface area contributed by atoms with Crippen LogP contribution in [0.15, 0.2) is 6.07 Å². The standard InChI is InChI=1S/C15H27N3/c1-5-13-9-15(6-2)18(17-13)12(4)11(3)10-16-14-7-8-14/h9,11-12,14,16H,5-8,10H2,1-4H3. The summed E-state index contributed by atoms with van der Waals surface area (Å²) in [5.74, 6) is 0.625. The normalized spacial score (nSPS) is 18.9. The minimum absolute atomic E-state index is 0.478. The van der Waals surface area contributed by atoms with E-state index in [1.165, 1.54) is 24.2 Å². The van der Waals surface area contributed by atoms with E-state index in [4.69, 9.17) is 5.10 Å². The first-order chi connectivity index (χ1) is 8.65. The Morgan fingerprint density at radius 2 is 2.06 bits per heavy atom. The van der Waals surface area contributed by atoms with Gasteiger partial charge in [0.15, 0.2) is 0 Å². The van der Waals surface area contributed by atoms with Crippen molar-refractivity contribution in [1.82, 2.24) is 15.1 Å². The minimum Gasteiger partial charge on any atom is -0.314 e. The molecule has 1 saturated carbocycles. The van der Waals surface area contributed by atoms with Crippen LogP contribution in [-0.2, 0) is 12.8 Å². The van der Waals surface area contributed by atoms with E-state index >= 15 is 0 Å². The van der Waals surface area contributed by atoms with Crippen molar-refractivity contribution in [2.45, 2.75) is 65.5 Å². The Bertz CT molecular complexity index is 379. The molecule has 0 amide bonds. The van der Waals surface area contributed by atoms with Gasteiger partial charge in [-0.15, -0.1) is 0 Å². The van der Waals surface area contributed by atoms with Gasteiger partial charge in [-0.25, -0.2) is 0 Å². The maximum absolute atomic E-state index is 4.75. The zero-order valence-corrected chi connectivity index (χ0v) is 12.2. The number of aromatic nitrogens is 2. The highest BCUT2D eigenvalue weighted by molar-refractivity contribution is 5.11. The van der Waals surface area contributed by atoms with Crippen molar-refractivity contribution in [3.8, 4) is 0 Å². The second-order valence-electron chi connectivity index (χ2n) is 5.68. The van der Waals surface area contributed by atoms with E-state index < -0.39 is 0 Å².